The summed E-state index contributed by atoms with van der Waals surface area (Å²) in [6, 6.07) is 25.7. The van der Waals surface area contributed by atoms with Gasteiger partial charge in [0.15, 0.2) is 0 Å². The number of nitrogens with two attached hydrogens (primary N) is 2. The van der Waals surface area contributed by atoms with E-state index in [1.807, 2.05) is 12.1 Å². The van der Waals surface area contributed by atoms with E-state index in [0.717, 1.165) is 12.1 Å². The van der Waals surface area contributed by atoms with Crippen molar-refractivity contribution in [3.05, 3.63) is 108 Å². The highest BCUT2D eigenvalue weighted by Gasteiger charge is 2.21. The molecule has 0 atom stereocenters. The highest BCUT2D eigenvalue weighted by atomic mass is 32.2. The van der Waals surface area contributed by atoms with E-state index >= 15 is 0 Å². The molecule has 0 spiro atoms. The number of aliphatic hydroxyl groups is 6. The first-order chi connectivity index (χ1) is 34.6. The van der Waals surface area contributed by atoms with Crippen molar-refractivity contribution in [2.24, 2.45) is 11.5 Å². The topological polar surface area (TPSA) is 414 Å². The summed E-state index contributed by atoms with van der Waals surface area (Å²) in [6.45, 7) is 0.149. The highest BCUT2D eigenvalue weighted by molar-refractivity contribution is 7.86. The van der Waals surface area contributed by atoms with E-state index in [1.165, 1.54) is 46.2 Å². The first-order valence-electron chi connectivity index (χ1n) is 21.8. The Morgan fingerprint density at radius 1 is 0.431 bits per heavy atom. The van der Waals surface area contributed by atoms with Crippen molar-refractivity contribution in [3.63, 3.8) is 0 Å². The number of aliphatic hydroxyl groups excluding tert-OH is 6. The van der Waals surface area contributed by atoms with Crippen molar-refractivity contribution >= 4 is 90.8 Å². The van der Waals surface area contributed by atoms with E-state index in [4.69, 9.17) is 21.7 Å². The van der Waals surface area contributed by atoms with Crippen LogP contribution >= 0.6 is 0 Å². The predicted molar refractivity (Wildman–Crippen MR) is 272 cm³/mol. The van der Waals surface area contributed by atoms with Gasteiger partial charge in [-0.25, -0.2) is 0 Å². The molecule has 26 nitrogen and oxygen atoms in total. The summed E-state index contributed by atoms with van der Waals surface area (Å²) in [5, 5.41) is 65.9. The van der Waals surface area contributed by atoms with Crippen molar-refractivity contribution in [3.8, 4) is 0 Å². The van der Waals surface area contributed by atoms with Crippen LogP contribution in [-0.2, 0) is 20.2 Å². The fourth-order valence-corrected chi connectivity index (χ4v) is 7.45. The third-order valence-corrected chi connectivity index (χ3v) is 11.0. The Morgan fingerprint density at radius 3 is 0.986 bits per heavy atom. The van der Waals surface area contributed by atoms with Gasteiger partial charge >= 0.3 is 0 Å². The Bertz CT molecular complexity index is 2650. The van der Waals surface area contributed by atoms with Crippen LogP contribution in [0, 0.1) is 0 Å². The van der Waals surface area contributed by atoms with Crippen molar-refractivity contribution in [1.29, 1.82) is 0 Å². The molecule has 0 radical (unpaired) electrons. The Kier molecular flexibility index (Phi) is 23.4. The third-order valence-electron chi connectivity index (χ3n) is 9.15. The quantitative estimate of drug-likeness (QED) is 0.0299. The van der Waals surface area contributed by atoms with E-state index in [0.29, 0.717) is 24.5 Å². The van der Waals surface area contributed by atoms with Crippen LogP contribution in [0.15, 0.2) is 107 Å². The second kappa shape index (κ2) is 29.3. The van der Waals surface area contributed by atoms with Gasteiger partial charge in [-0.15, -0.1) is 0 Å². The standard InChI is InChI=1S/C40H44N12O10S2.2C2H7NO/c53-21-17-51(18-22-54)39-47-35(41-29-7-3-1-4-8-29)45-37(49-39)43-31-15-13-27(33(25-31)63(57,58)59)11-12-28-14-16-32(26-34(28)64(60,61)62)44-38-46-36(42-30-9-5-2-6-10-30)48-40(50-38)52(19-23-55)20-24-56;2*3-1-2-4/h1-16,25-26,53-56H,17-24H2,(H,57,58,59)(H,60,61,62)(H2,41,43,45,47,49)(H2,42,44,46,48,50);2*4H,1-3H2. The Morgan fingerprint density at radius 2 is 0.722 bits per heavy atom. The molecule has 0 amide bonds. The smallest absolute Gasteiger partial charge is 0.295 e. The van der Waals surface area contributed by atoms with Crippen LogP contribution in [0.25, 0.3) is 12.2 Å². The number of para-hydroxylation sites is 2. The van der Waals surface area contributed by atoms with Gasteiger partial charge in [0.2, 0.25) is 35.7 Å². The van der Waals surface area contributed by atoms with Crippen molar-refractivity contribution < 1.29 is 56.6 Å². The molecule has 2 heterocycles. The second-order valence-electron chi connectivity index (χ2n) is 14.5. The highest BCUT2D eigenvalue weighted by Crippen LogP contribution is 2.29. The minimum Gasteiger partial charge on any atom is -0.395 e. The molecule has 388 valence electrons. The molecule has 72 heavy (non-hydrogen) atoms. The fraction of sp³-hybridized carbons (Fsp3) is 0.273. The van der Waals surface area contributed by atoms with Gasteiger partial charge < -0.3 is 73.2 Å². The fourth-order valence-electron chi connectivity index (χ4n) is 6.03. The Balaban J connectivity index is 0.00000131. The van der Waals surface area contributed by atoms with Gasteiger partial charge in [-0.1, -0.05) is 60.7 Å². The number of nitrogens with one attached hydrogen (secondary N) is 4. The number of rotatable bonds is 24. The lowest BCUT2D eigenvalue weighted by Gasteiger charge is -2.21. The summed E-state index contributed by atoms with van der Waals surface area (Å²) < 4.78 is 71.5. The average Bonchev–Trinajstić information content (AvgIpc) is 3.36. The monoisotopic (exact) mass is 1040 g/mol. The molecule has 16 N–H and O–H groups in total. The lowest BCUT2D eigenvalue weighted by atomic mass is 10.1. The Labute approximate surface area is 415 Å². The SMILES string of the molecule is NCCO.NCCO.O=S(=O)(O)c1cc(Nc2nc(Nc3ccccc3)nc(N(CCO)CCO)n2)ccc1C=Cc1ccc(Nc2nc(Nc3ccccc3)nc(N(CCO)CCO)n2)cc1S(=O)(=O)O. The van der Waals surface area contributed by atoms with Crippen LogP contribution in [-0.4, -0.2) is 165 Å². The molecule has 2 aromatic heterocycles. The lowest BCUT2D eigenvalue weighted by molar-refractivity contribution is 0.279. The first kappa shape index (κ1) is 57.5. The van der Waals surface area contributed by atoms with Gasteiger partial charge in [0.1, 0.15) is 9.79 Å². The molecular formula is C44H58N14O12S2. The predicted octanol–water partition coefficient (Wildman–Crippen LogP) is 1.15. The van der Waals surface area contributed by atoms with Gasteiger partial charge in [-0.05, 0) is 59.7 Å². The molecule has 0 unspecified atom stereocenters. The number of anilines is 10. The number of aromatic nitrogens is 6. The third kappa shape index (κ3) is 18.6. The maximum Gasteiger partial charge on any atom is 0.295 e. The van der Waals surface area contributed by atoms with Gasteiger partial charge in [0.25, 0.3) is 20.2 Å². The largest absolute Gasteiger partial charge is 0.395 e. The van der Waals surface area contributed by atoms with Crippen LogP contribution in [0.2, 0.25) is 0 Å². The molecule has 0 aliphatic heterocycles. The molecule has 0 fully saturated rings. The molecular weight excluding hydrogens is 981 g/mol. The maximum absolute atomic E-state index is 12.7. The van der Waals surface area contributed by atoms with E-state index in [-0.39, 0.29) is 124 Å². The van der Waals surface area contributed by atoms with E-state index in [9.17, 15) is 46.4 Å². The summed E-state index contributed by atoms with van der Waals surface area (Å²) in [5.41, 5.74) is 10.9. The summed E-state index contributed by atoms with van der Waals surface area (Å²) in [6.07, 6.45) is 2.45. The van der Waals surface area contributed by atoms with E-state index in [2.05, 4.69) is 51.2 Å². The average molecular weight is 1040 g/mol. The molecule has 6 aromatic rings. The zero-order valence-corrected chi connectivity index (χ0v) is 40.3. The zero-order chi connectivity index (χ0) is 52.5. The summed E-state index contributed by atoms with van der Waals surface area (Å²) >= 11 is 0. The second-order valence-corrected chi connectivity index (χ2v) is 17.3. The number of benzene rings is 4. The molecule has 0 saturated carbocycles. The molecule has 0 aliphatic rings. The van der Waals surface area contributed by atoms with E-state index in [1.54, 1.807) is 48.5 Å². The van der Waals surface area contributed by atoms with Gasteiger partial charge in [-0.3, -0.25) is 9.11 Å². The van der Waals surface area contributed by atoms with Crippen molar-refractivity contribution in [2.45, 2.75) is 9.79 Å². The number of hydrogen-bond acceptors (Lipinski definition) is 24. The molecule has 0 aliphatic carbocycles. The van der Waals surface area contributed by atoms with Crippen LogP contribution in [0.1, 0.15) is 11.1 Å². The lowest BCUT2D eigenvalue weighted by Crippen LogP contribution is -2.31. The summed E-state index contributed by atoms with van der Waals surface area (Å²) in [7, 11) is -9.82. The normalized spacial score (nSPS) is 11.2. The van der Waals surface area contributed by atoms with Crippen LogP contribution in [0.3, 0.4) is 0 Å². The van der Waals surface area contributed by atoms with Crippen LogP contribution < -0.4 is 42.5 Å². The minimum absolute atomic E-state index is 0.0647. The van der Waals surface area contributed by atoms with Crippen molar-refractivity contribution in [2.75, 3.05) is 110 Å². The Hall–Kier alpha value is -7.06. The number of hydrogen-bond donors (Lipinski definition) is 14. The van der Waals surface area contributed by atoms with Gasteiger partial charge in [-0.2, -0.15) is 46.7 Å². The van der Waals surface area contributed by atoms with Gasteiger partial charge in [0, 0.05) is 62.0 Å². The van der Waals surface area contributed by atoms with E-state index < -0.39 is 30.0 Å². The molecule has 6 rings (SSSR count). The minimum atomic E-state index is -4.91. The number of nitrogens with zero attached hydrogens (tertiary/aromatic N) is 8. The van der Waals surface area contributed by atoms with Crippen LogP contribution in [0.5, 0.6) is 0 Å². The summed E-state index contributed by atoms with van der Waals surface area (Å²) in [4.78, 5) is 28.3. The first-order valence-corrected chi connectivity index (χ1v) is 24.6. The van der Waals surface area contributed by atoms with Crippen LogP contribution in [0.4, 0.5) is 58.4 Å². The molecule has 28 heteroatoms. The summed E-state index contributed by atoms with van der Waals surface area (Å²) in [5.74, 6) is 0.187. The zero-order valence-electron chi connectivity index (χ0n) is 38.6. The van der Waals surface area contributed by atoms with Gasteiger partial charge in [0.05, 0.1) is 39.6 Å². The van der Waals surface area contributed by atoms with Crippen molar-refractivity contribution in [1.82, 2.24) is 29.9 Å². The maximum atomic E-state index is 12.7. The molecule has 0 saturated heterocycles. The molecule has 4 aromatic carbocycles. The molecule has 0 bridgehead atoms.